The highest BCUT2D eigenvalue weighted by atomic mass is 35.5. The SMILES string of the molecule is Cc1cc2[nH]cnc2cc1-c1ccc(CNCCC2CCCCC2)c2ccccc12.Cl.Cl. The van der Waals surface area contributed by atoms with Crippen molar-refractivity contribution in [2.45, 2.75) is 52.0 Å². The van der Waals surface area contributed by atoms with E-state index >= 15 is 0 Å². The van der Waals surface area contributed by atoms with Crippen molar-refractivity contribution in [1.82, 2.24) is 15.3 Å². The van der Waals surface area contributed by atoms with E-state index in [1.807, 2.05) is 0 Å². The Morgan fingerprint density at radius 3 is 2.53 bits per heavy atom. The average molecular weight is 470 g/mol. The molecule has 0 aliphatic heterocycles. The van der Waals surface area contributed by atoms with Gasteiger partial charge in [0.1, 0.15) is 0 Å². The van der Waals surface area contributed by atoms with Gasteiger partial charge in [0.25, 0.3) is 0 Å². The first-order chi connectivity index (χ1) is 14.8. The first kappa shape index (κ1) is 24.6. The Bertz CT molecular complexity index is 1160. The summed E-state index contributed by atoms with van der Waals surface area (Å²) in [4.78, 5) is 7.68. The minimum atomic E-state index is 0. The van der Waals surface area contributed by atoms with Crippen LogP contribution >= 0.6 is 24.8 Å². The predicted octanol–water partition coefficient (Wildman–Crippen LogP) is 7.60. The number of nitrogens with one attached hydrogen (secondary N) is 2. The Morgan fingerprint density at radius 1 is 0.938 bits per heavy atom. The van der Waals surface area contributed by atoms with Gasteiger partial charge < -0.3 is 10.3 Å². The first-order valence-corrected chi connectivity index (χ1v) is 11.4. The lowest BCUT2D eigenvalue weighted by molar-refractivity contribution is 0.334. The summed E-state index contributed by atoms with van der Waals surface area (Å²) in [5.41, 5.74) is 7.33. The molecule has 0 atom stereocenters. The maximum Gasteiger partial charge on any atom is 0.0931 e. The molecule has 0 amide bonds. The Kier molecular flexibility index (Phi) is 8.58. The normalized spacial score (nSPS) is 14.3. The van der Waals surface area contributed by atoms with Gasteiger partial charge >= 0.3 is 0 Å². The summed E-state index contributed by atoms with van der Waals surface area (Å²) in [5, 5.41) is 6.39. The Labute approximate surface area is 203 Å². The van der Waals surface area contributed by atoms with E-state index in [0.29, 0.717) is 0 Å². The van der Waals surface area contributed by atoms with Gasteiger partial charge in [-0.2, -0.15) is 0 Å². The van der Waals surface area contributed by atoms with Crippen molar-refractivity contribution >= 4 is 46.6 Å². The van der Waals surface area contributed by atoms with Gasteiger partial charge in [-0.15, -0.1) is 24.8 Å². The van der Waals surface area contributed by atoms with Crippen molar-refractivity contribution in [3.8, 4) is 11.1 Å². The minimum absolute atomic E-state index is 0. The van der Waals surface area contributed by atoms with Crippen LogP contribution < -0.4 is 5.32 Å². The van der Waals surface area contributed by atoms with Gasteiger partial charge in [-0.3, -0.25) is 0 Å². The average Bonchev–Trinajstić information content (AvgIpc) is 3.24. The molecular formula is C27H33Cl2N3. The predicted molar refractivity (Wildman–Crippen MR) is 141 cm³/mol. The Balaban J connectivity index is 0.00000144. The zero-order valence-corrected chi connectivity index (χ0v) is 20.3. The monoisotopic (exact) mass is 469 g/mol. The van der Waals surface area contributed by atoms with Crippen LogP contribution in [0.1, 0.15) is 49.7 Å². The topological polar surface area (TPSA) is 40.7 Å². The van der Waals surface area contributed by atoms with Crippen LogP contribution in [0.2, 0.25) is 0 Å². The highest BCUT2D eigenvalue weighted by Gasteiger charge is 2.14. The summed E-state index contributed by atoms with van der Waals surface area (Å²) in [6.45, 7) is 4.24. The van der Waals surface area contributed by atoms with Crippen molar-refractivity contribution in [3.05, 3.63) is 66.0 Å². The molecule has 1 saturated carbocycles. The molecule has 0 spiro atoms. The number of hydrogen-bond acceptors (Lipinski definition) is 2. The van der Waals surface area contributed by atoms with Crippen LogP contribution in [0, 0.1) is 12.8 Å². The molecule has 0 saturated heterocycles. The molecule has 1 aromatic heterocycles. The second-order valence-corrected chi connectivity index (χ2v) is 8.87. The van der Waals surface area contributed by atoms with Gasteiger partial charge in [0.15, 0.2) is 0 Å². The second kappa shape index (κ2) is 11.2. The zero-order chi connectivity index (χ0) is 20.3. The number of aromatic amines is 1. The molecule has 0 bridgehead atoms. The van der Waals surface area contributed by atoms with Gasteiger partial charge in [0, 0.05) is 6.54 Å². The largest absolute Gasteiger partial charge is 0.345 e. The van der Waals surface area contributed by atoms with Gasteiger partial charge in [0.05, 0.1) is 17.4 Å². The lowest BCUT2D eigenvalue weighted by atomic mass is 9.87. The molecule has 170 valence electrons. The van der Waals surface area contributed by atoms with E-state index < -0.39 is 0 Å². The second-order valence-electron chi connectivity index (χ2n) is 8.87. The lowest BCUT2D eigenvalue weighted by Crippen LogP contribution is -2.19. The lowest BCUT2D eigenvalue weighted by Gasteiger charge is -2.21. The maximum atomic E-state index is 4.47. The molecule has 5 heteroatoms. The summed E-state index contributed by atoms with van der Waals surface area (Å²) < 4.78 is 0. The molecule has 0 unspecified atom stereocenters. The van der Waals surface area contributed by atoms with Gasteiger partial charge in [0.2, 0.25) is 0 Å². The van der Waals surface area contributed by atoms with Crippen molar-refractivity contribution in [2.75, 3.05) is 6.54 Å². The fraction of sp³-hybridized carbons (Fsp3) is 0.370. The number of aryl methyl sites for hydroxylation is 1. The van der Waals surface area contributed by atoms with E-state index in [1.165, 1.54) is 71.6 Å². The van der Waals surface area contributed by atoms with Gasteiger partial charge in [-0.25, -0.2) is 4.98 Å². The number of rotatable bonds is 6. The smallest absolute Gasteiger partial charge is 0.0931 e. The maximum absolute atomic E-state index is 4.47. The number of benzene rings is 3. The third-order valence-electron chi connectivity index (χ3n) is 6.84. The fourth-order valence-electron chi connectivity index (χ4n) is 5.14. The van der Waals surface area contributed by atoms with Crippen molar-refractivity contribution in [2.24, 2.45) is 5.92 Å². The van der Waals surface area contributed by atoms with Crippen molar-refractivity contribution < 1.29 is 0 Å². The summed E-state index contributed by atoms with van der Waals surface area (Å²) in [5.74, 6) is 0.935. The van der Waals surface area contributed by atoms with Crippen LogP contribution in [0.15, 0.2) is 54.9 Å². The van der Waals surface area contributed by atoms with Crippen LogP contribution in [-0.2, 0) is 6.54 Å². The van der Waals surface area contributed by atoms with E-state index in [1.54, 1.807) is 6.33 Å². The standard InChI is InChI=1S/C27H31N3.2ClH/c1-19-15-26-27(30-18-29-26)16-25(19)24-12-11-21(22-9-5-6-10-23(22)24)17-28-14-13-20-7-3-2-4-8-20;;/h5-6,9-12,15-16,18,20,28H,2-4,7-8,13-14,17H2,1H3,(H,29,30);2*1H. The number of nitrogens with zero attached hydrogens (tertiary/aromatic N) is 1. The van der Waals surface area contributed by atoms with E-state index in [-0.39, 0.29) is 24.8 Å². The summed E-state index contributed by atoms with van der Waals surface area (Å²) >= 11 is 0. The molecule has 1 aliphatic carbocycles. The van der Waals surface area contributed by atoms with Crippen LogP contribution in [0.5, 0.6) is 0 Å². The first-order valence-electron chi connectivity index (χ1n) is 11.4. The van der Waals surface area contributed by atoms with Gasteiger partial charge in [-0.05, 0) is 71.0 Å². The third-order valence-corrected chi connectivity index (χ3v) is 6.84. The van der Waals surface area contributed by atoms with Crippen molar-refractivity contribution in [1.29, 1.82) is 0 Å². The molecule has 0 radical (unpaired) electrons. The van der Waals surface area contributed by atoms with Crippen LogP contribution in [0.3, 0.4) is 0 Å². The molecule has 5 rings (SSSR count). The van der Waals surface area contributed by atoms with E-state index in [9.17, 15) is 0 Å². The summed E-state index contributed by atoms with van der Waals surface area (Å²) in [7, 11) is 0. The number of fused-ring (bicyclic) bond motifs is 2. The highest BCUT2D eigenvalue weighted by molar-refractivity contribution is 6.00. The van der Waals surface area contributed by atoms with E-state index in [2.05, 4.69) is 70.7 Å². The number of imidazole rings is 1. The molecular weight excluding hydrogens is 437 g/mol. The van der Waals surface area contributed by atoms with E-state index in [0.717, 1.165) is 30.0 Å². The summed E-state index contributed by atoms with van der Waals surface area (Å²) in [6, 6.07) is 17.8. The van der Waals surface area contributed by atoms with Crippen LogP contribution in [0.4, 0.5) is 0 Å². The van der Waals surface area contributed by atoms with E-state index in [4.69, 9.17) is 0 Å². The summed E-state index contributed by atoms with van der Waals surface area (Å²) in [6.07, 6.45) is 10.3. The highest BCUT2D eigenvalue weighted by Crippen LogP contribution is 2.34. The number of aromatic nitrogens is 2. The minimum Gasteiger partial charge on any atom is -0.345 e. The van der Waals surface area contributed by atoms with Crippen molar-refractivity contribution in [3.63, 3.8) is 0 Å². The van der Waals surface area contributed by atoms with Crippen LogP contribution in [-0.4, -0.2) is 16.5 Å². The molecule has 32 heavy (non-hydrogen) atoms. The molecule has 2 N–H and O–H groups in total. The van der Waals surface area contributed by atoms with Gasteiger partial charge in [-0.1, -0.05) is 68.5 Å². The Morgan fingerprint density at radius 2 is 1.72 bits per heavy atom. The molecule has 3 nitrogen and oxygen atoms in total. The molecule has 1 aliphatic rings. The Hall–Kier alpha value is -2.07. The number of hydrogen-bond donors (Lipinski definition) is 2. The molecule has 4 aromatic rings. The zero-order valence-electron chi connectivity index (χ0n) is 18.7. The quantitative estimate of drug-likeness (QED) is 0.285. The molecule has 1 fully saturated rings. The molecule has 1 heterocycles. The number of H-pyrrole nitrogens is 1. The van der Waals surface area contributed by atoms with Crippen LogP contribution in [0.25, 0.3) is 32.9 Å². The third kappa shape index (κ3) is 5.11. The fourth-order valence-corrected chi connectivity index (χ4v) is 5.14. The molecule has 3 aromatic carbocycles. The number of halogens is 2.